The zero-order valence-electron chi connectivity index (χ0n) is 4.63. The van der Waals surface area contributed by atoms with E-state index in [4.69, 9.17) is 5.11 Å². The van der Waals surface area contributed by atoms with Crippen molar-refractivity contribution >= 4 is 5.97 Å². The van der Waals surface area contributed by atoms with Gasteiger partial charge in [0.15, 0.2) is 0 Å². The maximum atomic E-state index is 10.2. The van der Waals surface area contributed by atoms with Gasteiger partial charge < -0.3 is 9.84 Å². The molecule has 0 aliphatic heterocycles. The van der Waals surface area contributed by atoms with Gasteiger partial charge in [-0.05, 0) is 6.92 Å². The molecule has 0 saturated heterocycles. The van der Waals surface area contributed by atoms with Crippen LogP contribution in [0.4, 0.5) is 0 Å². The molecule has 46 valence electrons. The SMILES string of the molecule is CCOC(=O)C=CO. The van der Waals surface area contributed by atoms with Crippen molar-refractivity contribution in [1.82, 2.24) is 0 Å². The van der Waals surface area contributed by atoms with Crippen molar-refractivity contribution in [2.24, 2.45) is 0 Å². The van der Waals surface area contributed by atoms with E-state index in [9.17, 15) is 4.79 Å². The summed E-state index contributed by atoms with van der Waals surface area (Å²) in [6, 6.07) is 0. The normalized spacial score (nSPS) is 9.62. The summed E-state index contributed by atoms with van der Waals surface area (Å²) < 4.78 is 4.40. The van der Waals surface area contributed by atoms with Crippen LogP contribution in [0, 0.1) is 0 Å². The highest BCUT2D eigenvalue weighted by molar-refractivity contribution is 5.81. The molecule has 1 N–H and O–H groups in total. The van der Waals surface area contributed by atoms with Crippen LogP contribution < -0.4 is 0 Å². The lowest BCUT2D eigenvalue weighted by atomic mass is 10.6. The predicted octanol–water partition coefficient (Wildman–Crippen LogP) is 0.621. The van der Waals surface area contributed by atoms with Crippen molar-refractivity contribution in [2.75, 3.05) is 6.61 Å². The Hall–Kier alpha value is -0.990. The third-order valence-corrected chi connectivity index (χ3v) is 0.497. The van der Waals surface area contributed by atoms with Crippen LogP contribution in [0.1, 0.15) is 6.92 Å². The quantitative estimate of drug-likeness (QED) is 0.327. The molecule has 0 bridgehead atoms. The highest BCUT2D eigenvalue weighted by Gasteiger charge is 1.89. The number of hydrogen-bond donors (Lipinski definition) is 1. The molecular formula is C5H8O3. The lowest BCUT2D eigenvalue weighted by Crippen LogP contribution is -1.98. The molecule has 0 aromatic heterocycles. The van der Waals surface area contributed by atoms with Gasteiger partial charge in [-0.2, -0.15) is 0 Å². The zero-order chi connectivity index (χ0) is 6.41. The van der Waals surface area contributed by atoms with E-state index in [1.165, 1.54) is 0 Å². The van der Waals surface area contributed by atoms with Gasteiger partial charge in [0.05, 0.1) is 18.9 Å². The second-order valence-corrected chi connectivity index (χ2v) is 1.07. The molecule has 0 rings (SSSR count). The van der Waals surface area contributed by atoms with E-state index in [0.29, 0.717) is 12.9 Å². The van der Waals surface area contributed by atoms with Crippen LogP contribution in [0.2, 0.25) is 0 Å². The van der Waals surface area contributed by atoms with Gasteiger partial charge >= 0.3 is 5.97 Å². The number of aliphatic hydroxyl groups excluding tert-OH is 1. The van der Waals surface area contributed by atoms with Gasteiger partial charge in [0.2, 0.25) is 0 Å². The summed E-state index contributed by atoms with van der Waals surface area (Å²) in [6.07, 6.45) is 1.60. The van der Waals surface area contributed by atoms with Crippen LogP contribution in [0.3, 0.4) is 0 Å². The Balaban J connectivity index is 3.33. The van der Waals surface area contributed by atoms with Gasteiger partial charge in [0.25, 0.3) is 0 Å². The fourth-order valence-corrected chi connectivity index (χ4v) is 0.251. The van der Waals surface area contributed by atoms with Gasteiger partial charge in [-0.1, -0.05) is 0 Å². The number of esters is 1. The van der Waals surface area contributed by atoms with Crippen molar-refractivity contribution in [3.8, 4) is 0 Å². The van der Waals surface area contributed by atoms with Crippen LogP contribution in [-0.2, 0) is 9.53 Å². The predicted molar refractivity (Wildman–Crippen MR) is 28.4 cm³/mol. The first kappa shape index (κ1) is 7.01. The highest BCUT2D eigenvalue weighted by atomic mass is 16.5. The minimum atomic E-state index is -0.519. The molecule has 0 spiro atoms. The van der Waals surface area contributed by atoms with E-state index in [-0.39, 0.29) is 0 Å². The molecule has 0 unspecified atom stereocenters. The molecule has 0 atom stereocenters. The first-order valence-corrected chi connectivity index (χ1v) is 2.28. The van der Waals surface area contributed by atoms with Crippen LogP contribution in [0.15, 0.2) is 12.3 Å². The van der Waals surface area contributed by atoms with Gasteiger partial charge in [0, 0.05) is 0 Å². The van der Waals surface area contributed by atoms with Crippen LogP contribution in [-0.4, -0.2) is 17.7 Å². The Morgan fingerprint density at radius 3 is 2.88 bits per heavy atom. The number of hydrogen-bond acceptors (Lipinski definition) is 3. The first-order chi connectivity index (χ1) is 3.81. The van der Waals surface area contributed by atoms with Gasteiger partial charge in [-0.15, -0.1) is 0 Å². The molecule has 0 fully saturated rings. The molecule has 3 nitrogen and oxygen atoms in total. The Labute approximate surface area is 47.6 Å². The molecular weight excluding hydrogens is 108 g/mol. The third-order valence-electron chi connectivity index (χ3n) is 0.497. The van der Waals surface area contributed by atoms with E-state index in [0.717, 1.165) is 6.08 Å². The summed E-state index contributed by atoms with van der Waals surface area (Å²) in [5.74, 6) is -0.519. The van der Waals surface area contributed by atoms with Crippen molar-refractivity contribution in [3.05, 3.63) is 12.3 Å². The average Bonchev–Trinajstić information content (AvgIpc) is 1.68. The van der Waals surface area contributed by atoms with Crippen molar-refractivity contribution < 1.29 is 14.6 Å². The van der Waals surface area contributed by atoms with Crippen molar-refractivity contribution in [2.45, 2.75) is 6.92 Å². The fourth-order valence-electron chi connectivity index (χ4n) is 0.251. The average molecular weight is 116 g/mol. The second-order valence-electron chi connectivity index (χ2n) is 1.07. The minimum Gasteiger partial charge on any atom is -0.515 e. The standard InChI is InChI=1S/C5H8O3/c1-2-8-5(7)3-4-6/h3-4,6H,2H2,1H3. The van der Waals surface area contributed by atoms with E-state index in [1.54, 1.807) is 6.92 Å². The molecule has 0 aromatic rings. The fraction of sp³-hybridized carbons (Fsp3) is 0.400. The largest absolute Gasteiger partial charge is 0.515 e. The monoisotopic (exact) mass is 116 g/mol. The van der Waals surface area contributed by atoms with E-state index in [2.05, 4.69) is 4.74 Å². The van der Waals surface area contributed by atoms with E-state index >= 15 is 0 Å². The molecule has 0 heterocycles. The topological polar surface area (TPSA) is 46.5 Å². The minimum absolute atomic E-state index is 0.336. The van der Waals surface area contributed by atoms with Crippen molar-refractivity contribution in [3.63, 3.8) is 0 Å². The van der Waals surface area contributed by atoms with Gasteiger partial charge in [0.1, 0.15) is 0 Å². The van der Waals surface area contributed by atoms with Crippen LogP contribution >= 0.6 is 0 Å². The van der Waals surface area contributed by atoms with Gasteiger partial charge in [-0.25, -0.2) is 4.79 Å². The molecule has 0 aliphatic carbocycles. The molecule has 0 radical (unpaired) electrons. The second kappa shape index (κ2) is 4.18. The van der Waals surface area contributed by atoms with E-state index in [1.807, 2.05) is 0 Å². The molecule has 0 saturated carbocycles. The highest BCUT2D eigenvalue weighted by Crippen LogP contribution is 1.77. The number of ether oxygens (including phenoxy) is 1. The zero-order valence-corrected chi connectivity index (χ0v) is 4.63. The molecule has 3 heteroatoms. The summed E-state index contributed by atoms with van der Waals surface area (Å²) >= 11 is 0. The molecule has 0 aliphatic rings. The summed E-state index contributed by atoms with van der Waals surface area (Å²) in [5, 5.41) is 7.98. The van der Waals surface area contributed by atoms with Gasteiger partial charge in [-0.3, -0.25) is 0 Å². The Morgan fingerprint density at radius 1 is 1.88 bits per heavy atom. The first-order valence-electron chi connectivity index (χ1n) is 2.28. The molecule has 0 aromatic carbocycles. The number of carbonyl (C=O) groups is 1. The maximum Gasteiger partial charge on any atom is 0.333 e. The summed E-state index contributed by atoms with van der Waals surface area (Å²) in [7, 11) is 0. The van der Waals surface area contributed by atoms with Crippen LogP contribution in [0.25, 0.3) is 0 Å². The summed E-state index contributed by atoms with van der Waals surface area (Å²) in [6.45, 7) is 2.03. The Morgan fingerprint density at radius 2 is 2.50 bits per heavy atom. The Kier molecular flexibility index (Phi) is 3.66. The Bertz CT molecular complexity index is 95.8. The summed E-state index contributed by atoms with van der Waals surface area (Å²) in [5.41, 5.74) is 0. The smallest absolute Gasteiger partial charge is 0.333 e. The van der Waals surface area contributed by atoms with Crippen molar-refractivity contribution in [1.29, 1.82) is 0 Å². The number of aliphatic hydroxyl groups is 1. The third kappa shape index (κ3) is 3.21. The van der Waals surface area contributed by atoms with E-state index < -0.39 is 5.97 Å². The number of rotatable bonds is 2. The summed E-state index contributed by atoms with van der Waals surface area (Å²) in [4.78, 5) is 10.2. The van der Waals surface area contributed by atoms with Crippen LogP contribution in [0.5, 0.6) is 0 Å². The molecule has 0 amide bonds. The molecule has 8 heavy (non-hydrogen) atoms. The lowest BCUT2D eigenvalue weighted by molar-refractivity contribution is -0.137. The lowest BCUT2D eigenvalue weighted by Gasteiger charge is -1.91. The number of carbonyl (C=O) groups excluding carboxylic acids is 1. The maximum absolute atomic E-state index is 10.2.